The zero-order valence-electron chi connectivity index (χ0n) is 8.09. The number of rotatable bonds is 5. The van der Waals surface area contributed by atoms with Crippen molar-refractivity contribution in [3.05, 3.63) is 35.9 Å². The Bertz CT molecular complexity index is 371. The first-order valence-electron chi connectivity index (χ1n) is 4.57. The van der Waals surface area contributed by atoms with Gasteiger partial charge in [0.1, 0.15) is 0 Å². The number of carbonyl (C=O) groups is 1. The maximum Gasteiger partial charge on any atom is 0.303 e. The fourth-order valence-corrected chi connectivity index (χ4v) is 1.43. The zero-order valence-corrected chi connectivity index (χ0v) is 8.91. The molecule has 1 aromatic carbocycles. The molecule has 4 heteroatoms. The van der Waals surface area contributed by atoms with Crippen molar-refractivity contribution in [2.45, 2.75) is 18.9 Å². The minimum Gasteiger partial charge on any atom is -0.481 e. The Balaban J connectivity index is 2.74. The SMILES string of the molecule is O=C(O)CCC(N=C=S)c1ccccc1. The molecule has 0 saturated heterocycles. The highest BCUT2D eigenvalue weighted by Crippen LogP contribution is 2.21. The summed E-state index contributed by atoms with van der Waals surface area (Å²) < 4.78 is 0. The van der Waals surface area contributed by atoms with Crippen LogP contribution in [0.4, 0.5) is 0 Å². The Kier molecular flexibility index (Phi) is 4.68. The number of aliphatic carboxylic acids is 1. The number of benzene rings is 1. The third-order valence-corrected chi connectivity index (χ3v) is 2.13. The van der Waals surface area contributed by atoms with Gasteiger partial charge in [0, 0.05) is 6.42 Å². The van der Waals surface area contributed by atoms with Crippen molar-refractivity contribution < 1.29 is 9.90 Å². The molecular weight excluding hydrogens is 210 g/mol. The smallest absolute Gasteiger partial charge is 0.303 e. The van der Waals surface area contributed by atoms with Crippen LogP contribution in [0.5, 0.6) is 0 Å². The molecular formula is C11H11NO2S. The predicted molar refractivity (Wildman–Crippen MR) is 61.1 cm³/mol. The molecule has 1 rings (SSSR count). The molecule has 78 valence electrons. The number of hydrogen-bond donors (Lipinski definition) is 1. The topological polar surface area (TPSA) is 49.7 Å². The van der Waals surface area contributed by atoms with Crippen LogP contribution in [0.1, 0.15) is 24.4 Å². The highest BCUT2D eigenvalue weighted by Gasteiger charge is 2.10. The molecule has 0 amide bonds. The van der Waals surface area contributed by atoms with Crippen molar-refractivity contribution in [3.63, 3.8) is 0 Å². The van der Waals surface area contributed by atoms with Crippen LogP contribution in [0.3, 0.4) is 0 Å². The van der Waals surface area contributed by atoms with Gasteiger partial charge in [0.25, 0.3) is 0 Å². The van der Waals surface area contributed by atoms with E-state index in [1.807, 2.05) is 30.3 Å². The lowest BCUT2D eigenvalue weighted by Crippen LogP contribution is -2.01. The first kappa shape index (κ1) is 11.6. The van der Waals surface area contributed by atoms with Gasteiger partial charge >= 0.3 is 5.97 Å². The molecule has 0 fully saturated rings. The molecule has 0 heterocycles. The van der Waals surface area contributed by atoms with Gasteiger partial charge in [-0.05, 0) is 24.2 Å². The van der Waals surface area contributed by atoms with Crippen LogP contribution in [0.2, 0.25) is 0 Å². The summed E-state index contributed by atoms with van der Waals surface area (Å²) >= 11 is 4.54. The highest BCUT2D eigenvalue weighted by molar-refractivity contribution is 7.78. The van der Waals surface area contributed by atoms with Gasteiger partial charge in [-0.2, -0.15) is 0 Å². The fourth-order valence-electron chi connectivity index (χ4n) is 1.30. The summed E-state index contributed by atoms with van der Waals surface area (Å²) in [7, 11) is 0. The summed E-state index contributed by atoms with van der Waals surface area (Å²) in [5, 5.41) is 10.9. The number of carboxylic acids is 1. The third-order valence-electron chi connectivity index (χ3n) is 2.02. The number of aliphatic imine (C=N–C) groups is 1. The van der Waals surface area contributed by atoms with Gasteiger partial charge in [-0.1, -0.05) is 30.3 Å². The van der Waals surface area contributed by atoms with Crippen molar-refractivity contribution in [1.29, 1.82) is 0 Å². The molecule has 1 unspecified atom stereocenters. The van der Waals surface area contributed by atoms with Crippen molar-refractivity contribution in [2.24, 2.45) is 4.99 Å². The van der Waals surface area contributed by atoms with Crippen molar-refractivity contribution in [3.8, 4) is 0 Å². The summed E-state index contributed by atoms with van der Waals surface area (Å²) in [6, 6.07) is 9.30. The molecule has 1 N–H and O–H groups in total. The number of isothiocyanates is 1. The Morgan fingerprint density at radius 1 is 1.47 bits per heavy atom. The van der Waals surface area contributed by atoms with E-state index in [9.17, 15) is 4.79 Å². The summed E-state index contributed by atoms with van der Waals surface area (Å²) in [6.45, 7) is 0. The molecule has 3 nitrogen and oxygen atoms in total. The van der Waals surface area contributed by atoms with Crippen LogP contribution < -0.4 is 0 Å². The maximum absolute atomic E-state index is 10.5. The Morgan fingerprint density at radius 3 is 2.67 bits per heavy atom. The first-order valence-corrected chi connectivity index (χ1v) is 4.98. The molecule has 0 spiro atoms. The Labute approximate surface area is 93.5 Å². The quantitative estimate of drug-likeness (QED) is 0.614. The molecule has 0 aliphatic carbocycles. The summed E-state index contributed by atoms with van der Waals surface area (Å²) in [5.74, 6) is -0.824. The molecule has 0 saturated carbocycles. The van der Waals surface area contributed by atoms with Crippen LogP contribution in [0.15, 0.2) is 35.3 Å². The van der Waals surface area contributed by atoms with Crippen molar-refractivity contribution >= 4 is 23.3 Å². The lowest BCUT2D eigenvalue weighted by Gasteiger charge is -2.09. The lowest BCUT2D eigenvalue weighted by molar-refractivity contribution is -0.137. The standard InChI is InChI=1S/C11H11NO2S/c13-11(14)7-6-10(12-8-15)9-4-2-1-3-5-9/h1-5,10H,6-7H2,(H,13,14). The predicted octanol–water partition coefficient (Wildman–Crippen LogP) is 2.70. The van der Waals surface area contributed by atoms with E-state index in [4.69, 9.17) is 5.11 Å². The normalized spacial score (nSPS) is 11.5. The fraction of sp³-hybridized carbons (Fsp3) is 0.273. The second kappa shape index (κ2) is 6.06. The van der Waals surface area contributed by atoms with E-state index in [1.165, 1.54) is 0 Å². The molecule has 1 atom stereocenters. The van der Waals surface area contributed by atoms with Gasteiger partial charge in [0.2, 0.25) is 0 Å². The molecule has 0 aliphatic rings. The van der Waals surface area contributed by atoms with Crippen molar-refractivity contribution in [2.75, 3.05) is 0 Å². The minimum atomic E-state index is -0.824. The summed E-state index contributed by atoms with van der Waals surface area (Å²) in [4.78, 5) is 14.4. The van der Waals surface area contributed by atoms with Gasteiger partial charge in [0.15, 0.2) is 0 Å². The van der Waals surface area contributed by atoms with E-state index in [1.54, 1.807) is 0 Å². The van der Waals surface area contributed by atoms with E-state index in [2.05, 4.69) is 22.4 Å². The van der Waals surface area contributed by atoms with E-state index >= 15 is 0 Å². The largest absolute Gasteiger partial charge is 0.481 e. The van der Waals surface area contributed by atoms with Crippen LogP contribution in [-0.2, 0) is 4.79 Å². The molecule has 0 aliphatic heterocycles. The lowest BCUT2D eigenvalue weighted by atomic mass is 10.0. The van der Waals surface area contributed by atoms with Gasteiger partial charge in [0.05, 0.1) is 11.2 Å². The summed E-state index contributed by atoms with van der Waals surface area (Å²) in [6.07, 6.45) is 0.531. The van der Waals surface area contributed by atoms with Gasteiger partial charge < -0.3 is 5.11 Å². The molecule has 15 heavy (non-hydrogen) atoms. The number of nitrogens with zero attached hydrogens (tertiary/aromatic N) is 1. The van der Waals surface area contributed by atoms with E-state index < -0.39 is 5.97 Å². The Morgan fingerprint density at radius 2 is 2.13 bits per heavy atom. The van der Waals surface area contributed by atoms with Crippen molar-refractivity contribution in [1.82, 2.24) is 0 Å². The number of hydrogen-bond acceptors (Lipinski definition) is 3. The summed E-state index contributed by atoms with van der Waals surface area (Å²) in [5.41, 5.74) is 0.969. The van der Waals surface area contributed by atoms with Gasteiger partial charge in [-0.15, -0.1) is 0 Å². The van der Waals surface area contributed by atoms with Crippen LogP contribution >= 0.6 is 12.2 Å². The van der Waals surface area contributed by atoms with Crippen LogP contribution in [0.25, 0.3) is 0 Å². The minimum absolute atomic E-state index is 0.0834. The van der Waals surface area contributed by atoms with Crippen LogP contribution in [-0.4, -0.2) is 16.2 Å². The van der Waals surface area contributed by atoms with E-state index in [-0.39, 0.29) is 12.5 Å². The van der Waals surface area contributed by atoms with Gasteiger partial charge in [-0.3, -0.25) is 4.79 Å². The first-order chi connectivity index (χ1) is 7.24. The monoisotopic (exact) mass is 221 g/mol. The number of thiocarbonyl (C=S) groups is 1. The zero-order chi connectivity index (χ0) is 11.1. The number of carboxylic acid groups (broad SMARTS) is 1. The van der Waals surface area contributed by atoms with Gasteiger partial charge in [-0.25, -0.2) is 4.99 Å². The second-order valence-corrected chi connectivity index (χ2v) is 3.26. The average molecular weight is 221 g/mol. The van der Waals surface area contributed by atoms with Crippen LogP contribution in [0, 0.1) is 0 Å². The maximum atomic E-state index is 10.5. The van der Waals surface area contributed by atoms with E-state index in [0.29, 0.717) is 6.42 Å². The second-order valence-electron chi connectivity index (χ2n) is 3.08. The Hall–Kier alpha value is -1.51. The molecule has 0 bridgehead atoms. The highest BCUT2D eigenvalue weighted by atomic mass is 32.1. The molecule has 0 radical (unpaired) electrons. The average Bonchev–Trinajstić information content (AvgIpc) is 2.25. The molecule has 0 aromatic heterocycles. The molecule has 1 aromatic rings. The van der Waals surface area contributed by atoms with E-state index in [0.717, 1.165) is 5.56 Å². The third kappa shape index (κ3) is 4.02.